The van der Waals surface area contributed by atoms with Crippen LogP contribution >= 0.6 is 15.9 Å². The van der Waals surface area contributed by atoms with E-state index in [1.165, 1.54) is 33.5 Å². The first-order valence-electron chi connectivity index (χ1n) is 7.92. The zero-order valence-corrected chi connectivity index (χ0v) is 16.7. The van der Waals surface area contributed by atoms with E-state index in [4.69, 9.17) is 18.9 Å². The number of benzene rings is 2. The Bertz CT molecular complexity index is 842. The summed E-state index contributed by atoms with van der Waals surface area (Å²) in [7, 11) is 4.54. The zero-order chi connectivity index (χ0) is 19.8. The van der Waals surface area contributed by atoms with Gasteiger partial charge in [-0.05, 0) is 24.3 Å². The van der Waals surface area contributed by atoms with Crippen molar-refractivity contribution in [2.45, 2.75) is 0 Å². The molecule has 0 bridgehead atoms. The standard InChI is InChI=1S/C20H19BrO6/c1-24-17-11-19(26-3)18(25-2)10-14(17)6-9-20(23)27-12-16(22)13-4-7-15(21)8-5-13/h4-11H,12H2,1-3H3/b9-6+. The summed E-state index contributed by atoms with van der Waals surface area (Å²) < 4.78 is 21.6. The molecule has 0 radical (unpaired) electrons. The number of carbonyl (C=O) groups excluding carboxylic acids is 2. The topological polar surface area (TPSA) is 71.1 Å². The predicted octanol–water partition coefficient (Wildman–Crippen LogP) is 3.91. The van der Waals surface area contributed by atoms with E-state index in [0.29, 0.717) is 28.4 Å². The number of ketones is 1. The second kappa shape index (κ2) is 9.78. The number of carbonyl (C=O) groups is 2. The summed E-state index contributed by atoms with van der Waals surface area (Å²) in [6, 6.07) is 10.1. The molecule has 0 heterocycles. The van der Waals surface area contributed by atoms with Gasteiger partial charge in [0.2, 0.25) is 0 Å². The highest BCUT2D eigenvalue weighted by Crippen LogP contribution is 2.35. The first-order chi connectivity index (χ1) is 13.0. The Kier molecular flexibility index (Phi) is 7.43. The van der Waals surface area contributed by atoms with Crippen LogP contribution in [0.5, 0.6) is 17.2 Å². The molecular formula is C20H19BrO6. The van der Waals surface area contributed by atoms with Gasteiger partial charge in [0.05, 0.1) is 21.3 Å². The van der Waals surface area contributed by atoms with Gasteiger partial charge in [-0.2, -0.15) is 0 Å². The summed E-state index contributed by atoms with van der Waals surface area (Å²) in [6.45, 7) is -0.339. The lowest BCUT2D eigenvalue weighted by Gasteiger charge is -2.12. The van der Waals surface area contributed by atoms with Gasteiger partial charge in [-0.25, -0.2) is 4.79 Å². The highest BCUT2D eigenvalue weighted by atomic mass is 79.9. The van der Waals surface area contributed by atoms with E-state index in [-0.39, 0.29) is 12.4 Å². The molecule has 0 spiro atoms. The molecule has 2 aromatic rings. The van der Waals surface area contributed by atoms with Crippen LogP contribution in [0, 0.1) is 0 Å². The van der Waals surface area contributed by atoms with Crippen molar-refractivity contribution < 1.29 is 28.5 Å². The maximum Gasteiger partial charge on any atom is 0.331 e. The summed E-state index contributed by atoms with van der Waals surface area (Å²) in [5.74, 6) is 0.582. The third-order valence-corrected chi connectivity index (χ3v) is 4.18. The van der Waals surface area contributed by atoms with Crippen molar-refractivity contribution in [3.05, 3.63) is 58.1 Å². The van der Waals surface area contributed by atoms with E-state index in [0.717, 1.165) is 4.47 Å². The van der Waals surface area contributed by atoms with Crippen molar-refractivity contribution in [3.8, 4) is 17.2 Å². The van der Waals surface area contributed by atoms with Crippen LogP contribution < -0.4 is 14.2 Å². The second-order valence-electron chi connectivity index (χ2n) is 5.32. The smallest absolute Gasteiger partial charge is 0.331 e. The van der Waals surface area contributed by atoms with Crippen molar-refractivity contribution in [1.82, 2.24) is 0 Å². The molecule has 0 aliphatic rings. The number of rotatable bonds is 8. The molecule has 2 aromatic carbocycles. The van der Waals surface area contributed by atoms with Gasteiger partial charge in [0.25, 0.3) is 0 Å². The first-order valence-corrected chi connectivity index (χ1v) is 8.71. The van der Waals surface area contributed by atoms with Crippen molar-refractivity contribution in [1.29, 1.82) is 0 Å². The Morgan fingerprint density at radius 2 is 1.52 bits per heavy atom. The van der Waals surface area contributed by atoms with Crippen molar-refractivity contribution in [2.75, 3.05) is 27.9 Å². The van der Waals surface area contributed by atoms with E-state index in [1.54, 1.807) is 36.4 Å². The lowest BCUT2D eigenvalue weighted by atomic mass is 10.1. The number of ether oxygens (including phenoxy) is 4. The first kappa shape index (κ1) is 20.5. The molecule has 27 heavy (non-hydrogen) atoms. The van der Waals surface area contributed by atoms with Gasteiger partial charge in [-0.3, -0.25) is 4.79 Å². The van der Waals surface area contributed by atoms with Crippen LogP contribution in [-0.2, 0) is 9.53 Å². The van der Waals surface area contributed by atoms with Gasteiger partial charge < -0.3 is 18.9 Å². The Hall–Kier alpha value is -2.80. The number of halogens is 1. The Morgan fingerprint density at radius 3 is 2.11 bits per heavy atom. The molecule has 142 valence electrons. The number of hydrogen-bond donors (Lipinski definition) is 0. The monoisotopic (exact) mass is 434 g/mol. The van der Waals surface area contributed by atoms with Gasteiger partial charge in [0.15, 0.2) is 23.9 Å². The molecule has 7 heteroatoms. The van der Waals surface area contributed by atoms with Crippen molar-refractivity contribution in [2.24, 2.45) is 0 Å². The quantitative estimate of drug-likeness (QED) is 0.356. The van der Waals surface area contributed by atoms with Gasteiger partial charge in [-0.15, -0.1) is 0 Å². The number of hydrogen-bond acceptors (Lipinski definition) is 6. The summed E-state index contributed by atoms with van der Waals surface area (Å²) in [5.41, 5.74) is 1.07. The average Bonchev–Trinajstić information content (AvgIpc) is 2.70. The molecule has 0 fully saturated rings. The summed E-state index contributed by atoms with van der Waals surface area (Å²) in [5, 5.41) is 0. The molecule has 0 aliphatic heterocycles. The van der Waals surface area contributed by atoms with Crippen molar-refractivity contribution in [3.63, 3.8) is 0 Å². The maximum atomic E-state index is 12.0. The van der Waals surface area contributed by atoms with Crippen molar-refractivity contribution >= 4 is 33.8 Å². The molecule has 2 rings (SSSR count). The van der Waals surface area contributed by atoms with E-state index >= 15 is 0 Å². The Balaban J connectivity index is 2.03. The predicted molar refractivity (Wildman–Crippen MR) is 105 cm³/mol. The molecule has 0 N–H and O–H groups in total. The van der Waals surface area contributed by atoms with E-state index < -0.39 is 5.97 Å². The van der Waals surface area contributed by atoms with Crippen LogP contribution in [0.4, 0.5) is 0 Å². The van der Waals surface area contributed by atoms with E-state index in [2.05, 4.69) is 15.9 Å². The molecule has 6 nitrogen and oxygen atoms in total. The van der Waals surface area contributed by atoms with Crippen LogP contribution in [0.15, 0.2) is 46.9 Å². The molecule has 0 unspecified atom stereocenters. The number of Topliss-reactive ketones (excluding diaryl/α,β-unsaturated/α-hetero) is 1. The summed E-state index contributed by atoms with van der Waals surface area (Å²) in [4.78, 5) is 23.9. The third kappa shape index (κ3) is 5.59. The number of methoxy groups -OCH3 is 3. The average molecular weight is 435 g/mol. The molecule has 0 amide bonds. The Labute approximate surface area is 165 Å². The van der Waals surface area contributed by atoms with E-state index in [9.17, 15) is 9.59 Å². The minimum Gasteiger partial charge on any atom is -0.496 e. The largest absolute Gasteiger partial charge is 0.496 e. The highest BCUT2D eigenvalue weighted by molar-refractivity contribution is 9.10. The lowest BCUT2D eigenvalue weighted by molar-refractivity contribution is -0.136. The third-order valence-electron chi connectivity index (χ3n) is 3.65. The van der Waals surface area contributed by atoms with Crippen LogP contribution in [0.3, 0.4) is 0 Å². The molecule has 0 aromatic heterocycles. The fourth-order valence-corrected chi connectivity index (χ4v) is 2.51. The van der Waals surface area contributed by atoms with E-state index in [1.807, 2.05) is 0 Å². The van der Waals surface area contributed by atoms with Crippen LogP contribution in [0.25, 0.3) is 6.08 Å². The maximum absolute atomic E-state index is 12.0. The van der Waals surface area contributed by atoms with Crippen LogP contribution in [0.1, 0.15) is 15.9 Å². The molecule has 0 saturated heterocycles. The molecule has 0 atom stereocenters. The number of esters is 1. The molecule has 0 aliphatic carbocycles. The molecule has 0 saturated carbocycles. The Morgan fingerprint density at radius 1 is 0.926 bits per heavy atom. The fraction of sp³-hybridized carbons (Fsp3) is 0.200. The van der Waals surface area contributed by atoms with Gasteiger partial charge in [-0.1, -0.05) is 28.1 Å². The SMILES string of the molecule is COc1cc(OC)c(OC)cc1/C=C/C(=O)OCC(=O)c1ccc(Br)cc1. The lowest BCUT2D eigenvalue weighted by Crippen LogP contribution is -2.12. The minimum atomic E-state index is -0.641. The second-order valence-corrected chi connectivity index (χ2v) is 6.24. The highest BCUT2D eigenvalue weighted by Gasteiger charge is 2.11. The van der Waals surface area contributed by atoms with Gasteiger partial charge >= 0.3 is 5.97 Å². The fourth-order valence-electron chi connectivity index (χ4n) is 2.24. The van der Waals surface area contributed by atoms with Gasteiger partial charge in [0.1, 0.15) is 5.75 Å². The molecular weight excluding hydrogens is 416 g/mol. The zero-order valence-electron chi connectivity index (χ0n) is 15.2. The van der Waals surface area contributed by atoms with Gasteiger partial charge in [0, 0.05) is 27.7 Å². The summed E-state index contributed by atoms with van der Waals surface area (Å²) >= 11 is 3.30. The van der Waals surface area contributed by atoms with Crippen LogP contribution in [-0.4, -0.2) is 39.7 Å². The van der Waals surface area contributed by atoms with Crippen LogP contribution in [0.2, 0.25) is 0 Å². The normalized spacial score (nSPS) is 10.5. The summed E-state index contributed by atoms with van der Waals surface area (Å²) in [6.07, 6.45) is 2.74. The minimum absolute atomic E-state index is 0.284.